The molecule has 0 spiro atoms. The molecule has 0 radical (unpaired) electrons. The highest BCUT2D eigenvalue weighted by Gasteiger charge is 2.66. The largest absolute Gasteiger partial charge is 0.485 e. The molecule has 2 N–H and O–H groups in total. The number of ether oxygens (including phenoxy) is 2. The third-order valence-electron chi connectivity index (χ3n) is 9.97. The Hall–Kier alpha value is -6.13. The number of carbonyl (C=O) groups is 1. The number of rotatable bonds is 23. The minimum atomic E-state index is -5.19. The average Bonchev–Trinajstić information content (AvgIpc) is 3.34. The zero-order valence-corrected chi connectivity index (χ0v) is 36.8. The molecule has 0 fully saturated rings. The van der Waals surface area contributed by atoms with Crippen LogP contribution in [0.5, 0.6) is 11.5 Å². The smallest absolute Gasteiger partial charge is 0.375 e. The van der Waals surface area contributed by atoms with Gasteiger partial charge < -0.3 is 38.0 Å². The molecule has 0 saturated heterocycles. The second-order valence-corrected chi connectivity index (χ2v) is 19.6. The van der Waals surface area contributed by atoms with E-state index in [9.17, 15) is 9.90 Å². The van der Waals surface area contributed by atoms with Crippen LogP contribution in [0.1, 0.15) is 39.8 Å². The van der Waals surface area contributed by atoms with E-state index in [1.165, 1.54) is 0 Å². The maximum atomic E-state index is 15.8. The molecule has 0 aromatic heterocycles. The van der Waals surface area contributed by atoms with Crippen molar-refractivity contribution in [3.8, 4) is 11.5 Å². The second kappa shape index (κ2) is 22.5. The molecule has 7 aromatic carbocycles. The van der Waals surface area contributed by atoms with Crippen LogP contribution >= 0.6 is 15.2 Å². The Labute approximate surface area is 373 Å². The molecular weight excluding hydrogens is 849 g/mol. The van der Waals surface area contributed by atoms with E-state index in [1.54, 1.807) is 140 Å². The van der Waals surface area contributed by atoms with E-state index in [4.69, 9.17) is 27.6 Å². The van der Waals surface area contributed by atoms with Crippen molar-refractivity contribution in [2.45, 2.75) is 51.1 Å². The first kappa shape index (κ1) is 45.9. The van der Waals surface area contributed by atoms with Crippen LogP contribution in [0.4, 0.5) is 5.69 Å². The van der Waals surface area contributed by atoms with Gasteiger partial charge in [-0.1, -0.05) is 188 Å². The first-order valence-electron chi connectivity index (χ1n) is 20.6. The standard InChI is InChI=1S/C51H49NO10P2/c53-49(52-47-32-19-33-48(57-35-41-20-7-1-8-21-41)50(47)58-36-42-22-9-2-10-23-42)34-51(54,63(55,59-37-43-24-11-3-12-25-43)60-38-44-26-13-4-14-27-44)64(56,61-39-45-28-15-5-16-29-45)62-40-46-30-17-6-18-31-46/h1-33,54H,34-40H2,(H,52,53). The summed E-state index contributed by atoms with van der Waals surface area (Å²) in [7, 11) is -10.4. The number of para-hydroxylation sites is 1. The topological polar surface area (TPSA) is 139 Å². The van der Waals surface area contributed by atoms with Gasteiger partial charge in [0.25, 0.3) is 5.08 Å². The summed E-state index contributed by atoms with van der Waals surface area (Å²) in [6.45, 7) is -1.11. The number of carbonyl (C=O) groups excluding carboxylic acids is 1. The van der Waals surface area contributed by atoms with Crippen molar-refractivity contribution in [3.05, 3.63) is 234 Å². The highest BCUT2D eigenvalue weighted by Crippen LogP contribution is 2.78. The van der Waals surface area contributed by atoms with E-state index in [2.05, 4.69) is 5.32 Å². The molecule has 0 unspecified atom stereocenters. The Bertz CT molecular complexity index is 2410. The Balaban J connectivity index is 1.29. The maximum Gasteiger partial charge on any atom is 0.375 e. The summed E-state index contributed by atoms with van der Waals surface area (Å²) < 4.78 is 68.7. The van der Waals surface area contributed by atoms with Crippen molar-refractivity contribution in [2.24, 2.45) is 0 Å². The van der Waals surface area contributed by atoms with E-state index in [-0.39, 0.29) is 51.1 Å². The third kappa shape index (κ3) is 12.3. The number of benzene rings is 7. The molecule has 0 bridgehead atoms. The minimum Gasteiger partial charge on any atom is -0.485 e. The Morgan fingerprint density at radius 3 is 1.08 bits per heavy atom. The molecule has 0 saturated carbocycles. The minimum absolute atomic E-state index is 0.116. The van der Waals surface area contributed by atoms with Gasteiger partial charge in [-0.05, 0) is 45.5 Å². The molecule has 0 aliphatic rings. The SMILES string of the molecule is O=C(CC(O)(P(=O)(OCc1ccccc1)OCc1ccccc1)P(=O)(OCc1ccccc1)OCc1ccccc1)Nc1cccc(OCc2ccccc2)c1OCc1ccccc1. The lowest BCUT2D eigenvalue weighted by Crippen LogP contribution is -2.37. The Kier molecular flexibility index (Phi) is 16.1. The number of amides is 1. The van der Waals surface area contributed by atoms with E-state index < -0.39 is 32.6 Å². The molecule has 0 aliphatic heterocycles. The van der Waals surface area contributed by atoms with Crippen LogP contribution in [0.25, 0.3) is 0 Å². The van der Waals surface area contributed by atoms with Gasteiger partial charge in [0.1, 0.15) is 13.2 Å². The predicted octanol–water partition coefficient (Wildman–Crippen LogP) is 12.1. The lowest BCUT2D eigenvalue weighted by atomic mass is 10.2. The van der Waals surface area contributed by atoms with Crippen LogP contribution in [-0.4, -0.2) is 16.1 Å². The van der Waals surface area contributed by atoms with Crippen molar-refractivity contribution in [3.63, 3.8) is 0 Å². The van der Waals surface area contributed by atoms with Crippen LogP contribution in [-0.2, 0) is 71.7 Å². The van der Waals surface area contributed by atoms with Gasteiger partial charge in [-0.25, -0.2) is 0 Å². The van der Waals surface area contributed by atoms with Crippen LogP contribution in [0.15, 0.2) is 200 Å². The van der Waals surface area contributed by atoms with Gasteiger partial charge in [0.2, 0.25) is 5.91 Å². The first-order chi connectivity index (χ1) is 31.2. The molecule has 0 aliphatic carbocycles. The van der Waals surface area contributed by atoms with Gasteiger partial charge in [-0.3, -0.25) is 13.9 Å². The molecule has 7 rings (SSSR count). The van der Waals surface area contributed by atoms with E-state index >= 15 is 9.13 Å². The summed E-state index contributed by atoms with van der Waals surface area (Å²) in [5, 5.41) is 12.8. The van der Waals surface area contributed by atoms with E-state index in [1.807, 2.05) is 60.7 Å². The van der Waals surface area contributed by atoms with Crippen molar-refractivity contribution < 1.29 is 46.6 Å². The summed E-state index contributed by atoms with van der Waals surface area (Å²) in [5.41, 5.74) is 4.17. The Morgan fingerprint density at radius 1 is 0.422 bits per heavy atom. The summed E-state index contributed by atoms with van der Waals surface area (Å²) in [6.07, 6.45) is -1.14. The molecule has 11 nitrogen and oxygen atoms in total. The lowest BCUT2D eigenvalue weighted by Gasteiger charge is -2.38. The highest BCUT2D eigenvalue weighted by molar-refractivity contribution is 7.73. The predicted molar refractivity (Wildman–Crippen MR) is 246 cm³/mol. The number of aliphatic hydroxyl groups is 1. The monoisotopic (exact) mass is 897 g/mol. The summed E-state index contributed by atoms with van der Waals surface area (Å²) in [4.78, 5) is 14.7. The van der Waals surface area contributed by atoms with Gasteiger partial charge in [-0.2, -0.15) is 0 Å². The molecule has 13 heteroatoms. The summed E-state index contributed by atoms with van der Waals surface area (Å²) in [6, 6.07) is 59.2. The van der Waals surface area contributed by atoms with Gasteiger partial charge in [-0.15, -0.1) is 0 Å². The molecular formula is C51H49NO10P2. The number of hydrogen-bond acceptors (Lipinski definition) is 10. The maximum absolute atomic E-state index is 15.8. The van der Waals surface area contributed by atoms with Gasteiger partial charge in [0.05, 0.1) is 38.5 Å². The van der Waals surface area contributed by atoms with Crippen LogP contribution in [0, 0.1) is 0 Å². The molecule has 7 aromatic rings. The number of nitrogens with one attached hydrogen (secondary N) is 1. The fourth-order valence-corrected chi connectivity index (χ4v) is 11.3. The van der Waals surface area contributed by atoms with Gasteiger partial charge >= 0.3 is 15.2 Å². The number of hydrogen-bond donors (Lipinski definition) is 2. The fraction of sp³-hybridized carbons (Fsp3) is 0.157. The quantitative estimate of drug-likeness (QED) is 0.0597. The molecule has 0 heterocycles. The summed E-state index contributed by atoms with van der Waals surface area (Å²) >= 11 is 0. The van der Waals surface area contributed by atoms with E-state index in [0.717, 1.165) is 11.1 Å². The van der Waals surface area contributed by atoms with Crippen molar-refractivity contribution in [1.29, 1.82) is 0 Å². The van der Waals surface area contributed by atoms with Gasteiger partial charge in [0, 0.05) is 0 Å². The second-order valence-electron chi connectivity index (χ2n) is 14.7. The zero-order valence-electron chi connectivity index (χ0n) is 35.0. The Morgan fingerprint density at radius 2 is 0.734 bits per heavy atom. The van der Waals surface area contributed by atoms with Gasteiger partial charge in [0.15, 0.2) is 11.5 Å². The zero-order chi connectivity index (χ0) is 44.5. The van der Waals surface area contributed by atoms with Crippen LogP contribution < -0.4 is 14.8 Å². The molecule has 1 amide bonds. The van der Waals surface area contributed by atoms with Crippen molar-refractivity contribution >= 4 is 26.8 Å². The summed E-state index contributed by atoms with van der Waals surface area (Å²) in [5.74, 6) is -0.434. The first-order valence-corrected chi connectivity index (χ1v) is 23.7. The third-order valence-corrected chi connectivity index (χ3v) is 15.4. The van der Waals surface area contributed by atoms with Crippen molar-refractivity contribution in [1.82, 2.24) is 0 Å². The lowest BCUT2D eigenvalue weighted by molar-refractivity contribution is -0.118. The highest BCUT2D eigenvalue weighted by atomic mass is 31.2. The van der Waals surface area contributed by atoms with E-state index in [0.29, 0.717) is 28.0 Å². The number of anilines is 1. The van der Waals surface area contributed by atoms with Crippen LogP contribution in [0.3, 0.4) is 0 Å². The molecule has 0 atom stereocenters. The normalized spacial score (nSPS) is 11.8. The molecule has 328 valence electrons. The average molecular weight is 898 g/mol. The van der Waals surface area contributed by atoms with Crippen molar-refractivity contribution in [2.75, 3.05) is 5.32 Å². The fourth-order valence-electron chi connectivity index (χ4n) is 6.52. The van der Waals surface area contributed by atoms with Crippen LogP contribution in [0.2, 0.25) is 0 Å². The molecule has 64 heavy (non-hydrogen) atoms.